The maximum atomic E-state index is 5.08. The Morgan fingerprint density at radius 2 is 2.31 bits per heavy atom. The van der Waals surface area contributed by atoms with Crippen LogP contribution in [-0.2, 0) is 7.05 Å². The molecule has 5 heteroatoms. The molecule has 0 saturated heterocycles. The van der Waals surface area contributed by atoms with Gasteiger partial charge in [-0.3, -0.25) is 4.68 Å². The second kappa shape index (κ2) is 2.99. The summed E-state index contributed by atoms with van der Waals surface area (Å²) in [5, 5.41) is 5.09. The molecule has 0 atom stereocenters. The van der Waals surface area contributed by atoms with E-state index in [-0.39, 0.29) is 0 Å². The standard InChI is InChI=1S/C8H8BrN3O/c1-12-7-5(4-10-12)3-6(9)8(11-7)13-2/h3-4H,1-2H3. The summed E-state index contributed by atoms with van der Waals surface area (Å²) in [7, 11) is 3.44. The Morgan fingerprint density at radius 1 is 1.54 bits per heavy atom. The number of halogens is 1. The van der Waals surface area contributed by atoms with E-state index in [1.54, 1.807) is 18.0 Å². The van der Waals surface area contributed by atoms with Crippen molar-refractivity contribution in [3.05, 3.63) is 16.7 Å². The molecule has 0 N–H and O–H groups in total. The third kappa shape index (κ3) is 1.29. The average molecular weight is 242 g/mol. The predicted molar refractivity (Wildman–Crippen MR) is 52.8 cm³/mol. The van der Waals surface area contributed by atoms with Crippen molar-refractivity contribution in [3.63, 3.8) is 0 Å². The maximum Gasteiger partial charge on any atom is 0.229 e. The van der Waals surface area contributed by atoms with E-state index >= 15 is 0 Å². The lowest BCUT2D eigenvalue weighted by Gasteiger charge is -2.01. The van der Waals surface area contributed by atoms with Gasteiger partial charge >= 0.3 is 0 Å². The van der Waals surface area contributed by atoms with Gasteiger partial charge in [0.15, 0.2) is 5.65 Å². The van der Waals surface area contributed by atoms with E-state index in [4.69, 9.17) is 4.74 Å². The molecular weight excluding hydrogens is 234 g/mol. The van der Waals surface area contributed by atoms with Crippen LogP contribution in [0, 0.1) is 0 Å². The Bertz CT molecular complexity index is 452. The Balaban J connectivity index is 2.77. The Kier molecular flexibility index (Phi) is 1.95. The van der Waals surface area contributed by atoms with E-state index < -0.39 is 0 Å². The minimum absolute atomic E-state index is 0.580. The Labute approximate surface area is 83.7 Å². The summed E-state index contributed by atoms with van der Waals surface area (Å²) in [5.41, 5.74) is 0.819. The number of aromatic nitrogens is 3. The molecule has 0 aliphatic rings. The Morgan fingerprint density at radius 3 is 3.00 bits per heavy atom. The highest BCUT2D eigenvalue weighted by Gasteiger charge is 2.07. The van der Waals surface area contributed by atoms with Crippen LogP contribution in [0.1, 0.15) is 0 Å². The number of fused-ring (bicyclic) bond motifs is 1. The minimum atomic E-state index is 0.580. The SMILES string of the molecule is COc1nc2c(cnn2C)cc1Br. The van der Waals surface area contributed by atoms with Crippen molar-refractivity contribution in [2.75, 3.05) is 7.11 Å². The fraction of sp³-hybridized carbons (Fsp3) is 0.250. The van der Waals surface area contributed by atoms with Gasteiger partial charge in [0.05, 0.1) is 17.8 Å². The number of methoxy groups -OCH3 is 1. The number of rotatable bonds is 1. The van der Waals surface area contributed by atoms with Crippen molar-refractivity contribution >= 4 is 27.0 Å². The lowest BCUT2D eigenvalue weighted by Crippen LogP contribution is -1.94. The molecule has 2 heterocycles. The van der Waals surface area contributed by atoms with Gasteiger partial charge in [-0.1, -0.05) is 0 Å². The first-order valence-electron chi connectivity index (χ1n) is 3.74. The third-order valence-corrected chi connectivity index (χ3v) is 2.39. The van der Waals surface area contributed by atoms with Crippen LogP contribution in [0.25, 0.3) is 11.0 Å². The summed E-state index contributed by atoms with van der Waals surface area (Å²) < 4.78 is 7.63. The van der Waals surface area contributed by atoms with E-state index in [2.05, 4.69) is 26.0 Å². The van der Waals surface area contributed by atoms with Crippen LogP contribution < -0.4 is 4.74 Å². The van der Waals surface area contributed by atoms with Gasteiger partial charge in [-0.25, -0.2) is 0 Å². The molecule has 0 saturated carbocycles. The number of pyridine rings is 1. The highest BCUT2D eigenvalue weighted by atomic mass is 79.9. The summed E-state index contributed by atoms with van der Waals surface area (Å²) >= 11 is 3.36. The highest BCUT2D eigenvalue weighted by Crippen LogP contribution is 2.26. The van der Waals surface area contributed by atoms with Gasteiger partial charge in [0.1, 0.15) is 0 Å². The normalized spacial score (nSPS) is 10.7. The van der Waals surface area contributed by atoms with Gasteiger partial charge in [-0.2, -0.15) is 10.1 Å². The average Bonchev–Trinajstić information content (AvgIpc) is 2.46. The molecule has 0 aliphatic carbocycles. The van der Waals surface area contributed by atoms with E-state index in [1.807, 2.05) is 13.1 Å². The molecule has 2 aromatic rings. The van der Waals surface area contributed by atoms with Gasteiger partial charge in [0.2, 0.25) is 5.88 Å². The van der Waals surface area contributed by atoms with Crippen molar-refractivity contribution in [3.8, 4) is 5.88 Å². The molecule has 2 aromatic heterocycles. The summed E-state index contributed by atoms with van der Waals surface area (Å²) in [6, 6.07) is 1.94. The molecule has 0 spiro atoms. The molecule has 0 aliphatic heterocycles. The van der Waals surface area contributed by atoms with Crippen LogP contribution >= 0.6 is 15.9 Å². The second-order valence-electron chi connectivity index (χ2n) is 2.66. The molecule has 13 heavy (non-hydrogen) atoms. The quantitative estimate of drug-likeness (QED) is 0.764. The molecule has 4 nitrogen and oxygen atoms in total. The van der Waals surface area contributed by atoms with E-state index in [0.717, 1.165) is 15.5 Å². The molecule has 0 fully saturated rings. The fourth-order valence-electron chi connectivity index (χ4n) is 1.18. The largest absolute Gasteiger partial charge is 0.480 e. The maximum absolute atomic E-state index is 5.08. The Hall–Kier alpha value is -1.10. The smallest absolute Gasteiger partial charge is 0.229 e. The number of hydrogen-bond donors (Lipinski definition) is 0. The lowest BCUT2D eigenvalue weighted by atomic mass is 10.3. The number of aryl methyl sites for hydroxylation is 1. The van der Waals surface area contributed by atoms with Crippen molar-refractivity contribution in [1.29, 1.82) is 0 Å². The summed E-state index contributed by atoms with van der Waals surface area (Å²) in [5.74, 6) is 0.580. The topological polar surface area (TPSA) is 39.9 Å². The van der Waals surface area contributed by atoms with Crippen LogP contribution in [-0.4, -0.2) is 21.9 Å². The van der Waals surface area contributed by atoms with Crippen LogP contribution in [0.2, 0.25) is 0 Å². The second-order valence-corrected chi connectivity index (χ2v) is 3.51. The van der Waals surface area contributed by atoms with Crippen molar-refractivity contribution in [2.45, 2.75) is 0 Å². The van der Waals surface area contributed by atoms with Crippen molar-refractivity contribution < 1.29 is 4.74 Å². The first-order valence-corrected chi connectivity index (χ1v) is 4.54. The third-order valence-electron chi connectivity index (χ3n) is 1.82. The van der Waals surface area contributed by atoms with Gasteiger partial charge in [-0.15, -0.1) is 0 Å². The molecule has 0 radical (unpaired) electrons. The zero-order chi connectivity index (χ0) is 9.42. The van der Waals surface area contributed by atoms with E-state index in [9.17, 15) is 0 Å². The van der Waals surface area contributed by atoms with Gasteiger partial charge in [0.25, 0.3) is 0 Å². The van der Waals surface area contributed by atoms with Crippen LogP contribution in [0.5, 0.6) is 5.88 Å². The zero-order valence-electron chi connectivity index (χ0n) is 7.28. The number of hydrogen-bond acceptors (Lipinski definition) is 3. The molecule has 0 bridgehead atoms. The van der Waals surface area contributed by atoms with E-state index in [1.165, 1.54) is 0 Å². The molecule has 68 valence electrons. The summed E-state index contributed by atoms with van der Waals surface area (Å²) in [6.07, 6.45) is 1.77. The zero-order valence-corrected chi connectivity index (χ0v) is 8.87. The van der Waals surface area contributed by atoms with Crippen LogP contribution in [0.3, 0.4) is 0 Å². The van der Waals surface area contributed by atoms with Crippen molar-refractivity contribution in [2.24, 2.45) is 7.05 Å². The molecule has 2 rings (SSSR count). The summed E-state index contributed by atoms with van der Waals surface area (Å²) in [4.78, 5) is 4.28. The van der Waals surface area contributed by atoms with Crippen LogP contribution in [0.15, 0.2) is 16.7 Å². The first kappa shape index (κ1) is 8.50. The predicted octanol–water partition coefficient (Wildman–Crippen LogP) is 1.74. The monoisotopic (exact) mass is 241 g/mol. The van der Waals surface area contributed by atoms with Gasteiger partial charge in [-0.05, 0) is 22.0 Å². The highest BCUT2D eigenvalue weighted by molar-refractivity contribution is 9.10. The minimum Gasteiger partial charge on any atom is -0.480 e. The lowest BCUT2D eigenvalue weighted by molar-refractivity contribution is 0.396. The molecule has 0 aromatic carbocycles. The molecule has 0 unspecified atom stereocenters. The summed E-state index contributed by atoms with van der Waals surface area (Å²) in [6.45, 7) is 0. The fourth-order valence-corrected chi connectivity index (χ4v) is 1.67. The number of ether oxygens (including phenoxy) is 1. The molecular formula is C8H8BrN3O. The van der Waals surface area contributed by atoms with E-state index in [0.29, 0.717) is 5.88 Å². The number of nitrogens with zero attached hydrogens (tertiary/aromatic N) is 3. The van der Waals surface area contributed by atoms with Crippen molar-refractivity contribution in [1.82, 2.24) is 14.8 Å². The molecule has 0 amide bonds. The van der Waals surface area contributed by atoms with Gasteiger partial charge < -0.3 is 4.74 Å². The first-order chi connectivity index (χ1) is 6.22. The van der Waals surface area contributed by atoms with Crippen LogP contribution in [0.4, 0.5) is 0 Å². The van der Waals surface area contributed by atoms with Gasteiger partial charge in [0, 0.05) is 12.4 Å².